The molecular weight excluding hydrogens is 363 g/mol. The van der Waals surface area contributed by atoms with E-state index in [1.54, 1.807) is 42.3 Å². The van der Waals surface area contributed by atoms with Crippen molar-refractivity contribution in [1.29, 1.82) is 0 Å². The van der Waals surface area contributed by atoms with Crippen molar-refractivity contribution >= 4 is 17.5 Å². The van der Waals surface area contributed by atoms with E-state index in [0.717, 1.165) is 5.56 Å². The lowest BCUT2D eigenvalue weighted by Crippen LogP contribution is -2.33. The van der Waals surface area contributed by atoms with Crippen molar-refractivity contribution in [2.75, 3.05) is 32.6 Å². The molecule has 150 valence electrons. The van der Waals surface area contributed by atoms with Gasteiger partial charge in [-0.15, -0.1) is 0 Å². The van der Waals surface area contributed by atoms with Crippen molar-refractivity contribution in [3.8, 4) is 11.5 Å². The van der Waals surface area contributed by atoms with E-state index in [9.17, 15) is 14.0 Å². The number of ether oxygens (including phenoxy) is 2. The summed E-state index contributed by atoms with van der Waals surface area (Å²) >= 11 is 0. The molecule has 0 atom stereocenters. The number of methoxy groups -OCH3 is 2. The number of hydrogen-bond acceptors (Lipinski definition) is 4. The van der Waals surface area contributed by atoms with Crippen LogP contribution in [0.2, 0.25) is 0 Å². The Morgan fingerprint density at radius 3 is 2.29 bits per heavy atom. The van der Waals surface area contributed by atoms with Gasteiger partial charge in [0.1, 0.15) is 5.82 Å². The van der Waals surface area contributed by atoms with Gasteiger partial charge >= 0.3 is 0 Å². The second kappa shape index (κ2) is 10.3. The molecule has 2 rings (SSSR count). The molecular formula is C21H25FN2O4. The smallest absolute Gasteiger partial charge is 0.226 e. The number of halogens is 1. The van der Waals surface area contributed by atoms with Crippen LogP contribution in [-0.4, -0.2) is 44.0 Å². The molecule has 28 heavy (non-hydrogen) atoms. The molecule has 0 spiro atoms. The van der Waals surface area contributed by atoms with Crippen molar-refractivity contribution in [3.05, 3.63) is 53.8 Å². The Labute approximate surface area is 164 Å². The lowest BCUT2D eigenvalue weighted by Gasteiger charge is -2.21. The Balaban J connectivity index is 1.87. The summed E-state index contributed by atoms with van der Waals surface area (Å²) in [4.78, 5) is 25.7. The molecule has 0 aliphatic heterocycles. The molecule has 2 amide bonds. The molecule has 0 bridgehead atoms. The number of carbonyl (C=O) groups is 2. The summed E-state index contributed by atoms with van der Waals surface area (Å²) in [6.45, 7) is 2.23. The Morgan fingerprint density at radius 1 is 1.00 bits per heavy atom. The molecule has 0 aliphatic carbocycles. The maximum atomic E-state index is 13.0. The Hall–Kier alpha value is -3.09. The molecule has 6 nitrogen and oxygen atoms in total. The van der Waals surface area contributed by atoms with Gasteiger partial charge in [-0.25, -0.2) is 4.39 Å². The highest BCUT2D eigenvalue weighted by molar-refractivity contribution is 5.91. The molecule has 0 unspecified atom stereocenters. The highest BCUT2D eigenvalue weighted by Crippen LogP contribution is 2.29. The largest absolute Gasteiger partial charge is 0.493 e. The van der Waals surface area contributed by atoms with Crippen molar-refractivity contribution in [3.63, 3.8) is 0 Å². The lowest BCUT2D eigenvalue weighted by atomic mass is 10.1. The van der Waals surface area contributed by atoms with E-state index in [1.807, 2.05) is 0 Å². The molecule has 0 radical (unpaired) electrons. The Morgan fingerprint density at radius 2 is 1.68 bits per heavy atom. The van der Waals surface area contributed by atoms with Crippen LogP contribution in [0.15, 0.2) is 42.5 Å². The van der Waals surface area contributed by atoms with Crippen LogP contribution >= 0.6 is 0 Å². The van der Waals surface area contributed by atoms with E-state index in [2.05, 4.69) is 5.32 Å². The van der Waals surface area contributed by atoms with E-state index in [-0.39, 0.29) is 24.1 Å². The van der Waals surface area contributed by atoms with Crippen LogP contribution in [0.4, 0.5) is 10.1 Å². The third kappa shape index (κ3) is 6.26. The number of benzene rings is 2. The summed E-state index contributed by atoms with van der Waals surface area (Å²) < 4.78 is 23.4. The molecule has 0 aliphatic rings. The Kier molecular flexibility index (Phi) is 7.80. The molecule has 0 fully saturated rings. The first-order chi connectivity index (χ1) is 13.4. The zero-order valence-electron chi connectivity index (χ0n) is 16.3. The summed E-state index contributed by atoms with van der Waals surface area (Å²) in [5, 5.41) is 2.79. The second-order valence-electron chi connectivity index (χ2n) is 6.25. The van der Waals surface area contributed by atoms with Crippen LogP contribution in [0.25, 0.3) is 0 Å². The molecule has 0 saturated heterocycles. The van der Waals surface area contributed by atoms with Gasteiger partial charge in [-0.3, -0.25) is 9.59 Å². The number of nitrogens with zero attached hydrogens (tertiary/aromatic N) is 1. The number of nitrogens with one attached hydrogen (secondary N) is 1. The number of carbonyl (C=O) groups excluding carboxylic acids is 2. The van der Waals surface area contributed by atoms with Gasteiger partial charge in [-0.2, -0.15) is 0 Å². The van der Waals surface area contributed by atoms with Crippen molar-refractivity contribution < 1.29 is 23.5 Å². The van der Waals surface area contributed by atoms with Gasteiger partial charge in [0.2, 0.25) is 11.8 Å². The van der Waals surface area contributed by atoms with Crippen LogP contribution < -0.4 is 14.8 Å². The predicted octanol–water partition coefficient (Wildman–Crippen LogP) is 3.26. The maximum Gasteiger partial charge on any atom is 0.226 e. The van der Waals surface area contributed by atoms with Crippen molar-refractivity contribution in [2.45, 2.75) is 19.8 Å². The maximum absolute atomic E-state index is 13.0. The van der Waals surface area contributed by atoms with Gasteiger partial charge in [-0.05, 0) is 36.2 Å². The number of hydrogen-bond donors (Lipinski definition) is 1. The fraction of sp³-hybridized carbons (Fsp3) is 0.333. The summed E-state index contributed by atoms with van der Waals surface area (Å²) in [7, 11) is 3.06. The van der Waals surface area contributed by atoms with Gasteiger partial charge in [0.05, 0.1) is 14.2 Å². The molecule has 0 saturated carbocycles. The number of anilines is 1. The van der Waals surface area contributed by atoms with Gasteiger partial charge in [0, 0.05) is 38.2 Å². The summed E-state index contributed by atoms with van der Waals surface area (Å²) in [6, 6.07) is 11.3. The minimum absolute atomic E-state index is 0.110. The quantitative estimate of drug-likeness (QED) is 0.716. The van der Waals surface area contributed by atoms with E-state index in [0.29, 0.717) is 36.7 Å². The third-order valence-electron chi connectivity index (χ3n) is 4.31. The van der Waals surface area contributed by atoms with E-state index < -0.39 is 0 Å². The summed E-state index contributed by atoms with van der Waals surface area (Å²) in [5.41, 5.74) is 1.52. The van der Waals surface area contributed by atoms with Gasteiger partial charge in [-0.1, -0.05) is 12.1 Å². The fourth-order valence-corrected chi connectivity index (χ4v) is 2.72. The van der Waals surface area contributed by atoms with Gasteiger partial charge < -0.3 is 19.7 Å². The lowest BCUT2D eigenvalue weighted by molar-refractivity contribution is -0.129. The zero-order chi connectivity index (χ0) is 20.5. The second-order valence-corrected chi connectivity index (χ2v) is 6.25. The third-order valence-corrected chi connectivity index (χ3v) is 4.31. The first-order valence-corrected chi connectivity index (χ1v) is 8.94. The summed E-state index contributed by atoms with van der Waals surface area (Å²) in [5.74, 6) is 0.481. The normalized spacial score (nSPS) is 10.3. The van der Waals surface area contributed by atoms with Gasteiger partial charge in [0.25, 0.3) is 0 Å². The topological polar surface area (TPSA) is 67.9 Å². The molecule has 1 N–H and O–H groups in total. The minimum Gasteiger partial charge on any atom is -0.493 e. The van der Waals surface area contributed by atoms with E-state index in [4.69, 9.17) is 9.47 Å². The van der Waals surface area contributed by atoms with Crippen LogP contribution in [0, 0.1) is 5.82 Å². The Bertz CT molecular complexity index is 809. The molecule has 2 aromatic carbocycles. The fourth-order valence-electron chi connectivity index (χ4n) is 2.72. The molecule has 2 aromatic rings. The molecule has 0 heterocycles. The highest BCUT2D eigenvalue weighted by Gasteiger charge is 2.12. The number of rotatable bonds is 9. The minimum atomic E-state index is -0.293. The highest BCUT2D eigenvalue weighted by atomic mass is 19.1. The average Bonchev–Trinajstić information content (AvgIpc) is 2.68. The van der Waals surface area contributed by atoms with Crippen LogP contribution in [-0.2, 0) is 16.0 Å². The summed E-state index contributed by atoms with van der Waals surface area (Å²) in [6.07, 6.45) is 0.758. The number of amides is 2. The molecule has 7 heteroatoms. The van der Waals surface area contributed by atoms with E-state index >= 15 is 0 Å². The first-order valence-electron chi connectivity index (χ1n) is 8.94. The van der Waals surface area contributed by atoms with E-state index in [1.165, 1.54) is 26.2 Å². The standard InChI is InChI=1S/C21H25FN2O4/c1-15(25)24(12-10-16-4-6-17(22)7-5-16)13-11-21(26)23-18-8-9-19(27-2)20(14-18)28-3/h4-9,14H,10-13H2,1-3H3,(H,23,26). The zero-order valence-corrected chi connectivity index (χ0v) is 16.3. The van der Waals surface area contributed by atoms with Gasteiger partial charge in [0.15, 0.2) is 11.5 Å². The van der Waals surface area contributed by atoms with Crippen LogP contribution in [0.1, 0.15) is 18.9 Å². The average molecular weight is 388 g/mol. The van der Waals surface area contributed by atoms with Crippen molar-refractivity contribution in [2.24, 2.45) is 0 Å². The van der Waals surface area contributed by atoms with Crippen molar-refractivity contribution in [1.82, 2.24) is 4.90 Å². The van der Waals surface area contributed by atoms with Crippen LogP contribution in [0.3, 0.4) is 0 Å². The monoisotopic (exact) mass is 388 g/mol. The van der Waals surface area contributed by atoms with Crippen LogP contribution in [0.5, 0.6) is 11.5 Å². The first kappa shape index (κ1) is 21.2. The SMILES string of the molecule is COc1ccc(NC(=O)CCN(CCc2ccc(F)cc2)C(C)=O)cc1OC. The molecule has 0 aromatic heterocycles. The predicted molar refractivity (Wildman–Crippen MR) is 105 cm³/mol.